The van der Waals surface area contributed by atoms with E-state index in [0.717, 1.165) is 43.7 Å². The topological polar surface area (TPSA) is 64.2 Å². The third-order valence-electron chi connectivity index (χ3n) is 5.06. The number of benzene rings is 1. The van der Waals surface area contributed by atoms with Crippen LogP contribution in [0.3, 0.4) is 0 Å². The summed E-state index contributed by atoms with van der Waals surface area (Å²) in [5, 5.41) is 5.10. The van der Waals surface area contributed by atoms with E-state index in [2.05, 4.69) is 5.10 Å². The molecule has 1 saturated heterocycles. The van der Waals surface area contributed by atoms with Gasteiger partial charge in [0.25, 0.3) is 5.91 Å². The number of rotatable bonds is 4. The minimum atomic E-state index is 0.0632. The molecule has 6 heteroatoms. The van der Waals surface area contributed by atoms with E-state index in [4.69, 9.17) is 17.3 Å². The molecule has 2 N–H and O–H groups in total. The standard InChI is InChI=1S/C19H25ClN4O/c1-3-18-17(12-22-24(18)16-6-4-5-15(20)11-16)19(25)23-9-7-14(8-10-23)13(2)21/h4-6,11-14H,3,7-10,21H2,1-2H3. The maximum Gasteiger partial charge on any atom is 0.257 e. The van der Waals surface area contributed by atoms with Gasteiger partial charge in [0, 0.05) is 24.2 Å². The van der Waals surface area contributed by atoms with Crippen LogP contribution in [0, 0.1) is 5.92 Å². The number of carbonyl (C=O) groups is 1. The minimum absolute atomic E-state index is 0.0632. The van der Waals surface area contributed by atoms with Gasteiger partial charge in [-0.1, -0.05) is 24.6 Å². The molecule has 0 spiro atoms. The average Bonchev–Trinajstić information content (AvgIpc) is 3.05. The zero-order chi connectivity index (χ0) is 18.0. The molecule has 0 radical (unpaired) electrons. The highest BCUT2D eigenvalue weighted by Crippen LogP contribution is 2.24. The van der Waals surface area contributed by atoms with E-state index >= 15 is 0 Å². The van der Waals surface area contributed by atoms with Gasteiger partial charge in [0.05, 0.1) is 23.1 Å². The first-order valence-electron chi connectivity index (χ1n) is 8.89. The van der Waals surface area contributed by atoms with Gasteiger partial charge in [0.1, 0.15) is 0 Å². The molecule has 1 fully saturated rings. The molecular formula is C19H25ClN4O. The normalized spacial score (nSPS) is 16.9. The van der Waals surface area contributed by atoms with E-state index < -0.39 is 0 Å². The monoisotopic (exact) mass is 360 g/mol. The Morgan fingerprint density at radius 1 is 1.40 bits per heavy atom. The summed E-state index contributed by atoms with van der Waals surface area (Å²) in [6.07, 6.45) is 4.34. The van der Waals surface area contributed by atoms with Crippen molar-refractivity contribution in [3.05, 3.63) is 46.7 Å². The van der Waals surface area contributed by atoms with Gasteiger partial charge in [-0.3, -0.25) is 4.79 Å². The van der Waals surface area contributed by atoms with Crippen LogP contribution in [0.15, 0.2) is 30.5 Å². The first kappa shape index (κ1) is 18.0. The summed E-state index contributed by atoms with van der Waals surface area (Å²) in [6, 6.07) is 7.71. The summed E-state index contributed by atoms with van der Waals surface area (Å²) in [5.41, 5.74) is 8.47. The lowest BCUT2D eigenvalue weighted by Crippen LogP contribution is -2.42. The van der Waals surface area contributed by atoms with Gasteiger partial charge in [0.2, 0.25) is 0 Å². The molecule has 134 valence electrons. The lowest BCUT2D eigenvalue weighted by Gasteiger charge is -2.33. The Balaban J connectivity index is 1.82. The van der Waals surface area contributed by atoms with Crippen molar-refractivity contribution in [1.82, 2.24) is 14.7 Å². The van der Waals surface area contributed by atoms with Crippen molar-refractivity contribution >= 4 is 17.5 Å². The number of aromatic nitrogens is 2. The largest absolute Gasteiger partial charge is 0.339 e. The number of nitrogens with two attached hydrogens (primary N) is 1. The van der Waals surface area contributed by atoms with Crippen LogP contribution in [-0.4, -0.2) is 39.7 Å². The summed E-state index contributed by atoms with van der Waals surface area (Å²) in [4.78, 5) is 14.9. The number of piperidine rings is 1. The Morgan fingerprint density at radius 2 is 2.12 bits per heavy atom. The molecule has 1 aliphatic rings. The second-order valence-electron chi connectivity index (χ2n) is 6.74. The zero-order valence-electron chi connectivity index (χ0n) is 14.8. The molecule has 2 aromatic rings. The fourth-order valence-corrected chi connectivity index (χ4v) is 3.71. The Morgan fingerprint density at radius 3 is 2.72 bits per heavy atom. The third-order valence-corrected chi connectivity index (χ3v) is 5.29. The van der Waals surface area contributed by atoms with Crippen LogP contribution in [0.2, 0.25) is 5.02 Å². The number of carbonyl (C=O) groups excluding carboxylic acids is 1. The second-order valence-corrected chi connectivity index (χ2v) is 7.18. The van der Waals surface area contributed by atoms with Gasteiger partial charge in [-0.15, -0.1) is 0 Å². The first-order chi connectivity index (χ1) is 12.0. The molecule has 3 rings (SSSR count). The van der Waals surface area contributed by atoms with Crippen molar-refractivity contribution in [2.75, 3.05) is 13.1 Å². The van der Waals surface area contributed by atoms with Gasteiger partial charge < -0.3 is 10.6 Å². The van der Waals surface area contributed by atoms with Crippen molar-refractivity contribution in [3.8, 4) is 5.69 Å². The van der Waals surface area contributed by atoms with E-state index in [1.165, 1.54) is 0 Å². The Labute approximate surface area is 153 Å². The molecule has 0 saturated carbocycles. The highest BCUT2D eigenvalue weighted by molar-refractivity contribution is 6.30. The Bertz CT molecular complexity index is 748. The maximum absolute atomic E-state index is 13.0. The maximum atomic E-state index is 13.0. The quantitative estimate of drug-likeness (QED) is 0.909. The summed E-state index contributed by atoms with van der Waals surface area (Å²) in [6.45, 7) is 5.61. The number of amides is 1. The SMILES string of the molecule is CCc1c(C(=O)N2CCC(C(C)N)CC2)cnn1-c1cccc(Cl)c1. The third kappa shape index (κ3) is 3.72. The molecule has 0 bridgehead atoms. The molecule has 1 aromatic heterocycles. The molecule has 2 heterocycles. The van der Waals surface area contributed by atoms with E-state index in [-0.39, 0.29) is 11.9 Å². The van der Waals surface area contributed by atoms with Crippen LogP contribution in [0.5, 0.6) is 0 Å². The highest BCUT2D eigenvalue weighted by atomic mass is 35.5. The molecule has 1 aromatic carbocycles. The molecule has 5 nitrogen and oxygen atoms in total. The number of hydrogen-bond acceptors (Lipinski definition) is 3. The average molecular weight is 361 g/mol. The molecule has 25 heavy (non-hydrogen) atoms. The lowest BCUT2D eigenvalue weighted by atomic mass is 9.90. The van der Waals surface area contributed by atoms with Gasteiger partial charge >= 0.3 is 0 Å². The van der Waals surface area contributed by atoms with Crippen molar-refractivity contribution in [3.63, 3.8) is 0 Å². The van der Waals surface area contributed by atoms with Gasteiger partial charge in [-0.2, -0.15) is 5.10 Å². The molecule has 1 amide bonds. The number of nitrogens with zero attached hydrogens (tertiary/aromatic N) is 3. The molecular weight excluding hydrogens is 336 g/mol. The Hall–Kier alpha value is -1.85. The highest BCUT2D eigenvalue weighted by Gasteiger charge is 2.28. The summed E-state index contributed by atoms with van der Waals surface area (Å²) >= 11 is 6.09. The number of hydrogen-bond donors (Lipinski definition) is 1. The first-order valence-corrected chi connectivity index (χ1v) is 9.26. The van der Waals surface area contributed by atoms with Crippen LogP contribution in [-0.2, 0) is 6.42 Å². The van der Waals surface area contributed by atoms with Crippen molar-refractivity contribution < 1.29 is 4.79 Å². The van der Waals surface area contributed by atoms with Gasteiger partial charge in [-0.25, -0.2) is 4.68 Å². The predicted octanol–water partition coefficient (Wildman–Crippen LogP) is 3.29. The minimum Gasteiger partial charge on any atom is -0.339 e. The summed E-state index contributed by atoms with van der Waals surface area (Å²) in [5.74, 6) is 0.567. The summed E-state index contributed by atoms with van der Waals surface area (Å²) in [7, 11) is 0. The van der Waals surface area contributed by atoms with Crippen molar-refractivity contribution in [2.45, 2.75) is 39.2 Å². The lowest BCUT2D eigenvalue weighted by molar-refractivity contribution is 0.0680. The van der Waals surface area contributed by atoms with E-state index in [9.17, 15) is 4.79 Å². The van der Waals surface area contributed by atoms with Crippen molar-refractivity contribution in [1.29, 1.82) is 0 Å². The van der Waals surface area contributed by atoms with Crippen LogP contribution in [0.4, 0.5) is 0 Å². The number of likely N-dealkylation sites (tertiary alicyclic amines) is 1. The fourth-order valence-electron chi connectivity index (χ4n) is 3.52. The molecule has 1 unspecified atom stereocenters. The smallest absolute Gasteiger partial charge is 0.257 e. The van der Waals surface area contributed by atoms with Gasteiger partial charge in [-0.05, 0) is 50.3 Å². The van der Waals surface area contributed by atoms with E-state index in [1.54, 1.807) is 6.20 Å². The predicted molar refractivity (Wildman–Crippen MR) is 100 cm³/mol. The van der Waals surface area contributed by atoms with Gasteiger partial charge in [0.15, 0.2) is 0 Å². The van der Waals surface area contributed by atoms with Crippen LogP contribution < -0.4 is 5.73 Å². The van der Waals surface area contributed by atoms with Crippen LogP contribution in [0.1, 0.15) is 42.7 Å². The van der Waals surface area contributed by atoms with E-state index in [0.29, 0.717) is 16.5 Å². The van der Waals surface area contributed by atoms with Crippen molar-refractivity contribution in [2.24, 2.45) is 11.7 Å². The molecule has 1 aliphatic heterocycles. The van der Waals surface area contributed by atoms with Crippen LogP contribution in [0.25, 0.3) is 5.69 Å². The zero-order valence-corrected chi connectivity index (χ0v) is 15.5. The summed E-state index contributed by atoms with van der Waals surface area (Å²) < 4.78 is 1.81. The number of halogens is 1. The Kier molecular flexibility index (Phi) is 5.45. The fraction of sp³-hybridized carbons (Fsp3) is 0.474. The molecule has 0 aliphatic carbocycles. The second kappa shape index (κ2) is 7.58. The van der Waals surface area contributed by atoms with Crippen LogP contribution >= 0.6 is 11.6 Å². The molecule has 1 atom stereocenters. The van der Waals surface area contributed by atoms with E-state index in [1.807, 2.05) is 47.7 Å².